The highest BCUT2D eigenvalue weighted by molar-refractivity contribution is 7.99. The first-order valence-corrected chi connectivity index (χ1v) is 5.75. The summed E-state index contributed by atoms with van der Waals surface area (Å²) < 4.78 is 0. The smallest absolute Gasteiger partial charge is 0.335 e. The van der Waals surface area contributed by atoms with E-state index in [4.69, 9.17) is 5.11 Å². The zero-order valence-electron chi connectivity index (χ0n) is 7.82. The van der Waals surface area contributed by atoms with Crippen LogP contribution < -0.4 is 0 Å². The van der Waals surface area contributed by atoms with Gasteiger partial charge in [-0.1, -0.05) is 0 Å². The van der Waals surface area contributed by atoms with E-state index in [0.29, 0.717) is 5.56 Å². The van der Waals surface area contributed by atoms with Crippen molar-refractivity contribution >= 4 is 17.7 Å². The van der Waals surface area contributed by atoms with Crippen molar-refractivity contribution in [3.05, 3.63) is 29.3 Å². The summed E-state index contributed by atoms with van der Waals surface area (Å²) in [6.07, 6.45) is 3.41. The van der Waals surface area contributed by atoms with Gasteiger partial charge in [-0.25, -0.2) is 4.79 Å². The van der Waals surface area contributed by atoms with Crippen LogP contribution in [0, 0.1) is 0 Å². The molecule has 1 aliphatic rings. The fourth-order valence-corrected chi connectivity index (χ4v) is 2.73. The Bertz CT molecular complexity index is 360. The highest BCUT2D eigenvalue weighted by Crippen LogP contribution is 2.29. The molecule has 0 unspecified atom stereocenters. The quantitative estimate of drug-likeness (QED) is 0.771. The number of hydrogen-bond donors (Lipinski definition) is 1. The van der Waals surface area contributed by atoms with E-state index >= 15 is 0 Å². The van der Waals surface area contributed by atoms with E-state index in [9.17, 15) is 4.79 Å². The maximum absolute atomic E-state index is 10.8. The van der Waals surface area contributed by atoms with E-state index in [1.807, 2.05) is 23.9 Å². The van der Waals surface area contributed by atoms with E-state index in [-0.39, 0.29) is 0 Å². The number of fused-ring (bicyclic) bond motifs is 1. The minimum atomic E-state index is -0.831. The van der Waals surface area contributed by atoms with Gasteiger partial charge in [0.1, 0.15) is 0 Å². The predicted octanol–water partition coefficient (Wildman–Crippen LogP) is 2.81. The second-order valence-electron chi connectivity index (χ2n) is 3.43. The molecule has 1 N–H and O–H groups in total. The Hall–Kier alpha value is -0.960. The molecular weight excluding hydrogens is 196 g/mol. The molecular formula is C11H12O2S. The summed E-state index contributed by atoms with van der Waals surface area (Å²) in [5, 5.41) is 8.85. The molecule has 1 heterocycles. The van der Waals surface area contributed by atoms with Gasteiger partial charge >= 0.3 is 5.97 Å². The van der Waals surface area contributed by atoms with Gasteiger partial charge in [0, 0.05) is 4.90 Å². The lowest BCUT2D eigenvalue weighted by Crippen LogP contribution is -1.98. The summed E-state index contributed by atoms with van der Waals surface area (Å²) >= 11 is 1.84. The SMILES string of the molecule is O=C(O)c1ccc2c(c1)CCCCS2. The van der Waals surface area contributed by atoms with Gasteiger partial charge in [-0.15, -0.1) is 11.8 Å². The number of benzene rings is 1. The molecule has 0 fully saturated rings. The van der Waals surface area contributed by atoms with Crippen LogP contribution >= 0.6 is 11.8 Å². The molecule has 0 aliphatic carbocycles. The molecule has 0 bridgehead atoms. The molecule has 0 spiro atoms. The number of carboxylic acids is 1. The third kappa shape index (κ3) is 1.93. The maximum atomic E-state index is 10.8. The molecule has 0 atom stereocenters. The second-order valence-corrected chi connectivity index (χ2v) is 4.57. The number of thioether (sulfide) groups is 1. The summed E-state index contributed by atoms with van der Waals surface area (Å²) in [5.41, 5.74) is 1.61. The molecule has 3 heteroatoms. The van der Waals surface area contributed by atoms with E-state index in [1.165, 1.54) is 23.3 Å². The average Bonchev–Trinajstić information content (AvgIpc) is 2.41. The molecule has 0 saturated heterocycles. The van der Waals surface area contributed by atoms with Gasteiger partial charge in [0.05, 0.1) is 5.56 Å². The minimum Gasteiger partial charge on any atom is -0.478 e. The Morgan fingerprint density at radius 2 is 2.21 bits per heavy atom. The average molecular weight is 208 g/mol. The van der Waals surface area contributed by atoms with Gasteiger partial charge in [-0.05, 0) is 48.8 Å². The van der Waals surface area contributed by atoms with Crippen molar-refractivity contribution in [3.8, 4) is 0 Å². The summed E-state index contributed by atoms with van der Waals surface area (Å²) in [7, 11) is 0. The molecule has 0 saturated carbocycles. The molecule has 0 radical (unpaired) electrons. The van der Waals surface area contributed by atoms with Crippen LogP contribution in [0.3, 0.4) is 0 Å². The highest BCUT2D eigenvalue weighted by atomic mass is 32.2. The molecule has 2 rings (SSSR count). The normalized spacial score (nSPS) is 15.7. The Morgan fingerprint density at radius 3 is 3.00 bits per heavy atom. The molecule has 1 aromatic carbocycles. The van der Waals surface area contributed by atoms with Gasteiger partial charge in [0.25, 0.3) is 0 Å². The van der Waals surface area contributed by atoms with Gasteiger partial charge in [-0.3, -0.25) is 0 Å². The molecule has 1 aliphatic heterocycles. The Labute approximate surface area is 87.3 Å². The largest absolute Gasteiger partial charge is 0.478 e. The van der Waals surface area contributed by atoms with Crippen molar-refractivity contribution in [2.24, 2.45) is 0 Å². The third-order valence-electron chi connectivity index (χ3n) is 2.41. The zero-order chi connectivity index (χ0) is 9.97. The summed E-state index contributed by atoms with van der Waals surface area (Å²) in [6.45, 7) is 0. The van der Waals surface area contributed by atoms with Crippen LogP contribution in [0.4, 0.5) is 0 Å². The number of hydrogen-bond acceptors (Lipinski definition) is 2. The Balaban J connectivity index is 2.37. The number of rotatable bonds is 1. The number of carboxylic acid groups (broad SMARTS) is 1. The highest BCUT2D eigenvalue weighted by Gasteiger charge is 2.11. The lowest BCUT2D eigenvalue weighted by atomic mass is 10.1. The lowest BCUT2D eigenvalue weighted by Gasteiger charge is -2.05. The van der Waals surface area contributed by atoms with Crippen molar-refractivity contribution in [2.45, 2.75) is 24.2 Å². The topological polar surface area (TPSA) is 37.3 Å². The molecule has 1 aromatic rings. The predicted molar refractivity (Wildman–Crippen MR) is 57.1 cm³/mol. The van der Waals surface area contributed by atoms with Gasteiger partial charge in [0.2, 0.25) is 0 Å². The zero-order valence-corrected chi connectivity index (χ0v) is 8.64. The summed E-state index contributed by atoms with van der Waals surface area (Å²) in [6, 6.07) is 5.45. The lowest BCUT2D eigenvalue weighted by molar-refractivity contribution is 0.0696. The molecule has 14 heavy (non-hydrogen) atoms. The number of aromatic carboxylic acids is 1. The van der Waals surface area contributed by atoms with Crippen LogP contribution in [0.25, 0.3) is 0 Å². The Kier molecular flexibility index (Phi) is 2.77. The first kappa shape index (κ1) is 9.59. The van der Waals surface area contributed by atoms with Crippen LogP contribution in [-0.2, 0) is 6.42 Å². The van der Waals surface area contributed by atoms with Crippen LogP contribution in [-0.4, -0.2) is 16.8 Å². The van der Waals surface area contributed by atoms with E-state index in [2.05, 4.69) is 0 Å². The van der Waals surface area contributed by atoms with Crippen LogP contribution in [0.2, 0.25) is 0 Å². The van der Waals surface area contributed by atoms with Crippen LogP contribution in [0.1, 0.15) is 28.8 Å². The van der Waals surface area contributed by atoms with Crippen molar-refractivity contribution in [2.75, 3.05) is 5.75 Å². The first-order valence-electron chi connectivity index (χ1n) is 4.76. The Morgan fingerprint density at radius 1 is 1.36 bits per heavy atom. The second kappa shape index (κ2) is 4.05. The number of carbonyl (C=O) groups is 1. The third-order valence-corrected chi connectivity index (χ3v) is 3.61. The van der Waals surface area contributed by atoms with Crippen molar-refractivity contribution < 1.29 is 9.90 Å². The fraction of sp³-hybridized carbons (Fsp3) is 0.364. The monoisotopic (exact) mass is 208 g/mol. The standard InChI is InChI=1S/C11H12O2S/c12-11(13)9-4-5-10-8(7-9)3-1-2-6-14-10/h4-5,7H,1-3,6H2,(H,12,13). The molecule has 2 nitrogen and oxygen atoms in total. The summed E-state index contributed by atoms with van der Waals surface area (Å²) in [5.74, 6) is 0.321. The van der Waals surface area contributed by atoms with Crippen molar-refractivity contribution in [1.29, 1.82) is 0 Å². The molecule has 0 amide bonds. The van der Waals surface area contributed by atoms with Crippen molar-refractivity contribution in [1.82, 2.24) is 0 Å². The van der Waals surface area contributed by atoms with E-state index in [0.717, 1.165) is 12.2 Å². The maximum Gasteiger partial charge on any atom is 0.335 e. The van der Waals surface area contributed by atoms with Crippen LogP contribution in [0.15, 0.2) is 23.1 Å². The van der Waals surface area contributed by atoms with Crippen LogP contribution in [0.5, 0.6) is 0 Å². The van der Waals surface area contributed by atoms with E-state index in [1.54, 1.807) is 6.07 Å². The molecule has 0 aromatic heterocycles. The first-order chi connectivity index (χ1) is 6.77. The van der Waals surface area contributed by atoms with Gasteiger partial charge < -0.3 is 5.11 Å². The van der Waals surface area contributed by atoms with Crippen molar-refractivity contribution in [3.63, 3.8) is 0 Å². The molecule has 74 valence electrons. The van der Waals surface area contributed by atoms with Gasteiger partial charge in [-0.2, -0.15) is 0 Å². The van der Waals surface area contributed by atoms with E-state index < -0.39 is 5.97 Å². The fourth-order valence-electron chi connectivity index (χ4n) is 1.65. The number of aryl methyl sites for hydroxylation is 1. The summed E-state index contributed by atoms with van der Waals surface area (Å²) in [4.78, 5) is 12.0. The minimum absolute atomic E-state index is 0.409. The van der Waals surface area contributed by atoms with Gasteiger partial charge in [0.15, 0.2) is 0 Å².